The lowest BCUT2D eigenvalue weighted by Gasteiger charge is -2.29. The zero-order valence-electron chi connectivity index (χ0n) is 34.6. The third-order valence-electron chi connectivity index (χ3n) is 10.4. The molecule has 0 saturated carbocycles. The second-order valence-electron chi connectivity index (χ2n) is 15.6. The summed E-state index contributed by atoms with van der Waals surface area (Å²) in [5, 5.41) is 0. The number of hydrogen-bond donors (Lipinski definition) is 1. The smallest absolute Gasteiger partial charge is 0.168 e. The SMILES string of the molecule is CCCCCC=CCC=CCCCCCCCCC1(CCCCCCCCC=CCC=CCCCCC)OC[C@H](CN(C)CCCCCCN)O1. The lowest BCUT2D eigenvalue weighted by atomic mass is 9.98. The summed E-state index contributed by atoms with van der Waals surface area (Å²) in [5.41, 5.74) is 5.67. The molecular formula is C47H88N2O2. The van der Waals surface area contributed by atoms with Crippen LogP contribution in [0.5, 0.6) is 0 Å². The Morgan fingerprint density at radius 2 is 0.941 bits per heavy atom. The van der Waals surface area contributed by atoms with Crippen molar-refractivity contribution in [1.82, 2.24) is 4.90 Å². The predicted molar refractivity (Wildman–Crippen MR) is 227 cm³/mol. The van der Waals surface area contributed by atoms with Gasteiger partial charge in [0.15, 0.2) is 5.79 Å². The summed E-state index contributed by atoms with van der Waals surface area (Å²) < 4.78 is 13.4. The van der Waals surface area contributed by atoms with Gasteiger partial charge in [0.25, 0.3) is 0 Å². The summed E-state index contributed by atoms with van der Waals surface area (Å²) in [6.45, 7) is 8.22. The molecule has 4 nitrogen and oxygen atoms in total. The van der Waals surface area contributed by atoms with E-state index >= 15 is 0 Å². The zero-order valence-corrected chi connectivity index (χ0v) is 34.6. The molecule has 1 atom stereocenters. The van der Waals surface area contributed by atoms with Crippen LogP contribution in [-0.4, -0.2) is 50.1 Å². The van der Waals surface area contributed by atoms with Crippen molar-refractivity contribution in [2.45, 2.75) is 218 Å². The van der Waals surface area contributed by atoms with Crippen molar-refractivity contribution in [3.63, 3.8) is 0 Å². The summed E-state index contributed by atoms with van der Waals surface area (Å²) in [6.07, 6.45) is 57.0. The molecule has 1 saturated heterocycles. The zero-order chi connectivity index (χ0) is 36.8. The first kappa shape index (κ1) is 47.8. The molecule has 0 amide bonds. The normalized spacial score (nSPS) is 18.3. The molecule has 0 aliphatic carbocycles. The van der Waals surface area contributed by atoms with Gasteiger partial charge in [0.2, 0.25) is 0 Å². The van der Waals surface area contributed by atoms with E-state index in [1.165, 1.54) is 161 Å². The van der Waals surface area contributed by atoms with Gasteiger partial charge in [-0.3, -0.25) is 0 Å². The lowest BCUT2D eigenvalue weighted by molar-refractivity contribution is -0.180. The first-order valence-electron chi connectivity index (χ1n) is 22.5. The van der Waals surface area contributed by atoms with Crippen molar-refractivity contribution >= 4 is 0 Å². The minimum atomic E-state index is -0.350. The Hall–Kier alpha value is -1.20. The third kappa shape index (κ3) is 30.9. The van der Waals surface area contributed by atoms with Crippen LogP contribution in [0.4, 0.5) is 0 Å². The Morgan fingerprint density at radius 1 is 0.529 bits per heavy atom. The number of allylic oxidation sites excluding steroid dienone is 8. The molecule has 1 heterocycles. The number of unbranched alkanes of at least 4 members (excludes halogenated alkanes) is 21. The van der Waals surface area contributed by atoms with E-state index in [4.69, 9.17) is 15.2 Å². The summed E-state index contributed by atoms with van der Waals surface area (Å²) in [6, 6.07) is 0. The molecule has 298 valence electrons. The number of nitrogens with zero attached hydrogens (tertiary/aromatic N) is 1. The average molecular weight is 713 g/mol. The fraction of sp³-hybridized carbons (Fsp3) is 0.830. The summed E-state index contributed by atoms with van der Waals surface area (Å²) in [5.74, 6) is -0.350. The Morgan fingerprint density at radius 3 is 1.41 bits per heavy atom. The van der Waals surface area contributed by atoms with Crippen LogP contribution < -0.4 is 5.73 Å². The molecule has 2 N–H and O–H groups in total. The van der Waals surface area contributed by atoms with Crippen LogP contribution in [0.2, 0.25) is 0 Å². The first-order chi connectivity index (χ1) is 25.2. The Labute approximate surface area is 319 Å². The maximum Gasteiger partial charge on any atom is 0.168 e. The summed E-state index contributed by atoms with van der Waals surface area (Å²) in [7, 11) is 2.25. The van der Waals surface area contributed by atoms with Crippen LogP contribution in [0.25, 0.3) is 0 Å². The van der Waals surface area contributed by atoms with Crippen molar-refractivity contribution in [3.05, 3.63) is 48.6 Å². The maximum atomic E-state index is 6.81. The van der Waals surface area contributed by atoms with Crippen molar-refractivity contribution in [1.29, 1.82) is 0 Å². The molecule has 4 heteroatoms. The predicted octanol–water partition coefficient (Wildman–Crippen LogP) is 14.0. The van der Waals surface area contributed by atoms with Crippen LogP contribution in [0.3, 0.4) is 0 Å². The summed E-state index contributed by atoms with van der Waals surface area (Å²) >= 11 is 0. The second kappa shape index (κ2) is 37.1. The average Bonchev–Trinajstić information content (AvgIpc) is 3.53. The van der Waals surface area contributed by atoms with Crippen molar-refractivity contribution in [2.75, 3.05) is 33.3 Å². The molecule has 0 spiro atoms. The number of hydrogen-bond acceptors (Lipinski definition) is 4. The topological polar surface area (TPSA) is 47.7 Å². The van der Waals surface area contributed by atoms with Crippen molar-refractivity contribution < 1.29 is 9.47 Å². The highest BCUT2D eigenvalue weighted by molar-refractivity contribution is 4.93. The molecule has 1 fully saturated rings. The Bertz CT molecular complexity index is 786. The monoisotopic (exact) mass is 713 g/mol. The Kier molecular flexibility index (Phi) is 34.8. The van der Waals surface area contributed by atoms with Gasteiger partial charge in [-0.1, -0.05) is 152 Å². The van der Waals surface area contributed by atoms with Gasteiger partial charge in [-0.05, 0) is 110 Å². The molecule has 1 aliphatic heterocycles. The molecule has 0 aromatic rings. The Balaban J connectivity index is 2.29. The largest absolute Gasteiger partial charge is 0.347 e. The molecule has 0 bridgehead atoms. The third-order valence-corrected chi connectivity index (χ3v) is 10.4. The fourth-order valence-corrected chi connectivity index (χ4v) is 7.18. The van der Waals surface area contributed by atoms with Crippen molar-refractivity contribution in [3.8, 4) is 0 Å². The molecule has 0 aromatic heterocycles. The van der Waals surface area contributed by atoms with E-state index < -0.39 is 0 Å². The van der Waals surface area contributed by atoms with Gasteiger partial charge < -0.3 is 20.1 Å². The number of rotatable bonds is 38. The van der Waals surface area contributed by atoms with E-state index in [1.54, 1.807) is 0 Å². The molecule has 51 heavy (non-hydrogen) atoms. The van der Waals surface area contributed by atoms with Crippen LogP contribution in [0.1, 0.15) is 206 Å². The minimum absolute atomic E-state index is 0.202. The van der Waals surface area contributed by atoms with Gasteiger partial charge >= 0.3 is 0 Å². The first-order valence-corrected chi connectivity index (χ1v) is 22.5. The number of ether oxygens (including phenoxy) is 2. The fourth-order valence-electron chi connectivity index (χ4n) is 7.18. The molecule has 0 aromatic carbocycles. The minimum Gasteiger partial charge on any atom is -0.347 e. The maximum absolute atomic E-state index is 6.81. The molecule has 1 rings (SSSR count). The van der Waals surface area contributed by atoms with Crippen LogP contribution in [0, 0.1) is 0 Å². The molecule has 0 radical (unpaired) electrons. The van der Waals surface area contributed by atoms with E-state index in [1.807, 2.05) is 0 Å². The highest BCUT2D eigenvalue weighted by Crippen LogP contribution is 2.35. The summed E-state index contributed by atoms with van der Waals surface area (Å²) in [4.78, 5) is 2.45. The quantitative estimate of drug-likeness (QED) is 0.0511. The van der Waals surface area contributed by atoms with Crippen LogP contribution >= 0.6 is 0 Å². The molecule has 0 unspecified atom stereocenters. The van der Waals surface area contributed by atoms with Gasteiger partial charge in [0, 0.05) is 19.4 Å². The van der Waals surface area contributed by atoms with Crippen molar-refractivity contribution in [2.24, 2.45) is 5.73 Å². The van der Waals surface area contributed by atoms with Gasteiger partial charge in [-0.2, -0.15) is 0 Å². The van der Waals surface area contributed by atoms with Gasteiger partial charge in [0.1, 0.15) is 0 Å². The highest BCUT2D eigenvalue weighted by atomic mass is 16.7. The molecular weight excluding hydrogens is 625 g/mol. The van der Waals surface area contributed by atoms with E-state index in [-0.39, 0.29) is 11.9 Å². The van der Waals surface area contributed by atoms with Gasteiger partial charge in [0.05, 0.1) is 12.7 Å². The second-order valence-corrected chi connectivity index (χ2v) is 15.6. The van der Waals surface area contributed by atoms with E-state index in [2.05, 4.69) is 74.4 Å². The highest BCUT2D eigenvalue weighted by Gasteiger charge is 2.40. The number of likely N-dealkylation sites (N-methyl/N-ethyl adjacent to an activating group) is 1. The van der Waals surface area contributed by atoms with E-state index in [0.717, 1.165) is 58.3 Å². The van der Waals surface area contributed by atoms with E-state index in [0.29, 0.717) is 0 Å². The number of nitrogens with two attached hydrogens (primary N) is 1. The standard InChI is InChI=1S/C47H88N2O2/c1-4-6-8-10-12-14-16-18-20-22-24-26-28-30-32-36-40-47(50-45-46(51-47)44-49(3)43-39-35-34-38-42-48)41-37-33-31-29-27-25-23-21-19-17-15-13-11-9-7-5-2/h12-15,18-21,46H,4-11,16-17,22-45,48H2,1-3H3/t46-,47?/m0/s1. The van der Waals surface area contributed by atoms with Crippen LogP contribution in [-0.2, 0) is 9.47 Å². The van der Waals surface area contributed by atoms with E-state index in [9.17, 15) is 0 Å². The lowest BCUT2D eigenvalue weighted by Crippen LogP contribution is -2.35. The van der Waals surface area contributed by atoms with Gasteiger partial charge in [-0.25, -0.2) is 0 Å². The molecule has 1 aliphatic rings. The van der Waals surface area contributed by atoms with Crippen LogP contribution in [0.15, 0.2) is 48.6 Å². The van der Waals surface area contributed by atoms with Gasteiger partial charge in [-0.15, -0.1) is 0 Å².